The molecule has 0 bridgehead atoms. The van der Waals surface area contributed by atoms with Crippen molar-refractivity contribution in [3.05, 3.63) is 50.9 Å². The molecule has 1 saturated heterocycles. The van der Waals surface area contributed by atoms with E-state index in [2.05, 4.69) is 46.0 Å². The molecule has 3 rings (SSSR count). The highest BCUT2D eigenvalue weighted by molar-refractivity contribution is 7.15. The number of rotatable bonds is 5. The first-order valence-corrected chi connectivity index (χ1v) is 9.44. The largest absolute Gasteiger partial charge is 0.468 e. The van der Waals surface area contributed by atoms with E-state index in [0.717, 1.165) is 24.5 Å². The highest BCUT2D eigenvalue weighted by Gasteiger charge is 2.33. The van der Waals surface area contributed by atoms with Gasteiger partial charge in [0, 0.05) is 43.8 Å². The van der Waals surface area contributed by atoms with Crippen molar-refractivity contribution < 1.29 is 9.53 Å². The van der Waals surface area contributed by atoms with Crippen LogP contribution in [0.2, 0.25) is 4.47 Å². The zero-order valence-electron chi connectivity index (χ0n) is 14.4. The van der Waals surface area contributed by atoms with E-state index in [1.54, 1.807) is 6.20 Å². The molecule has 0 radical (unpaired) electrons. The van der Waals surface area contributed by atoms with E-state index in [1.807, 2.05) is 0 Å². The lowest BCUT2D eigenvalue weighted by Gasteiger charge is -2.39. The van der Waals surface area contributed by atoms with Crippen LogP contribution in [0.3, 0.4) is 0 Å². The van der Waals surface area contributed by atoms with Crippen LogP contribution in [0.25, 0.3) is 0 Å². The van der Waals surface area contributed by atoms with Gasteiger partial charge >= 0.3 is 5.97 Å². The van der Waals surface area contributed by atoms with E-state index in [0.29, 0.717) is 17.6 Å². The molecule has 1 fully saturated rings. The topological polar surface area (TPSA) is 45.7 Å². The second kappa shape index (κ2) is 8.27. The molecule has 2 aromatic rings. The van der Waals surface area contributed by atoms with Crippen molar-refractivity contribution in [2.75, 3.05) is 26.7 Å². The van der Waals surface area contributed by atoms with Crippen molar-refractivity contribution in [1.29, 1.82) is 0 Å². The molecule has 0 spiro atoms. The van der Waals surface area contributed by atoms with Gasteiger partial charge in [-0.05, 0) is 12.5 Å². The molecule has 2 heterocycles. The lowest BCUT2D eigenvalue weighted by atomic mass is 10.1. The third kappa shape index (κ3) is 4.79. The van der Waals surface area contributed by atoms with Crippen LogP contribution in [0.1, 0.15) is 16.0 Å². The Morgan fingerprint density at radius 3 is 2.72 bits per heavy atom. The molecule has 134 valence electrons. The molecule has 1 aliphatic rings. The normalized spacial score (nSPS) is 19.1. The summed E-state index contributed by atoms with van der Waals surface area (Å²) in [6.07, 6.45) is 1.78. The first-order valence-electron chi connectivity index (χ1n) is 8.25. The molecule has 1 aromatic heterocycles. The maximum absolute atomic E-state index is 12.3. The monoisotopic (exact) mass is 379 g/mol. The van der Waals surface area contributed by atoms with Gasteiger partial charge in [0.15, 0.2) is 4.47 Å². The first-order chi connectivity index (χ1) is 12.0. The summed E-state index contributed by atoms with van der Waals surface area (Å²) in [7, 11) is 1.45. The second-order valence-electron chi connectivity index (χ2n) is 6.31. The highest BCUT2D eigenvalue weighted by Crippen LogP contribution is 2.22. The van der Waals surface area contributed by atoms with Gasteiger partial charge in [0.1, 0.15) is 6.04 Å². The summed E-state index contributed by atoms with van der Waals surface area (Å²) in [4.78, 5) is 21.9. The number of esters is 1. The number of carbonyl (C=O) groups is 1. The van der Waals surface area contributed by atoms with Gasteiger partial charge in [-0.25, -0.2) is 4.98 Å². The smallest absolute Gasteiger partial charge is 0.324 e. The molecule has 0 saturated carbocycles. The Balaban J connectivity index is 1.67. The number of hydrogen-bond donors (Lipinski definition) is 0. The van der Waals surface area contributed by atoms with E-state index in [4.69, 9.17) is 16.3 Å². The van der Waals surface area contributed by atoms with E-state index < -0.39 is 0 Å². The number of ether oxygens (including phenoxy) is 1. The van der Waals surface area contributed by atoms with E-state index in [9.17, 15) is 4.79 Å². The van der Waals surface area contributed by atoms with Crippen LogP contribution in [0, 0.1) is 6.92 Å². The molecule has 1 atom stereocenters. The number of piperazine rings is 1. The molecule has 0 N–H and O–H groups in total. The highest BCUT2D eigenvalue weighted by atomic mass is 35.5. The summed E-state index contributed by atoms with van der Waals surface area (Å²) in [5, 5.41) is 0. The van der Waals surface area contributed by atoms with Crippen molar-refractivity contribution in [3.8, 4) is 0 Å². The van der Waals surface area contributed by atoms with Gasteiger partial charge in [-0.1, -0.05) is 41.4 Å². The zero-order valence-corrected chi connectivity index (χ0v) is 16.0. The molecule has 5 nitrogen and oxygen atoms in total. The molecule has 0 aliphatic carbocycles. The van der Waals surface area contributed by atoms with E-state index in [-0.39, 0.29) is 12.0 Å². The summed E-state index contributed by atoms with van der Waals surface area (Å²) in [5.74, 6) is -0.191. The minimum absolute atomic E-state index is 0.191. The molecule has 0 amide bonds. The third-order valence-electron chi connectivity index (χ3n) is 4.46. The van der Waals surface area contributed by atoms with Crippen LogP contribution in [0.4, 0.5) is 0 Å². The first kappa shape index (κ1) is 18.3. The predicted octanol–water partition coefficient (Wildman–Crippen LogP) is 2.96. The van der Waals surface area contributed by atoms with Gasteiger partial charge in [0.25, 0.3) is 0 Å². The Hall–Kier alpha value is -1.47. The molecule has 25 heavy (non-hydrogen) atoms. The van der Waals surface area contributed by atoms with Crippen molar-refractivity contribution in [2.45, 2.75) is 26.1 Å². The predicted molar refractivity (Wildman–Crippen MR) is 99.8 cm³/mol. The lowest BCUT2D eigenvalue weighted by molar-refractivity contribution is -0.150. The van der Waals surface area contributed by atoms with Crippen LogP contribution in [-0.4, -0.2) is 53.5 Å². The number of benzene rings is 1. The molecular formula is C18H22ClN3O2S. The van der Waals surface area contributed by atoms with Gasteiger partial charge in [0.05, 0.1) is 7.11 Å². The number of methoxy groups -OCH3 is 1. The second-order valence-corrected chi connectivity index (χ2v) is 8.01. The summed E-state index contributed by atoms with van der Waals surface area (Å²) in [6.45, 7) is 5.97. The maximum Gasteiger partial charge on any atom is 0.324 e. The van der Waals surface area contributed by atoms with Crippen LogP contribution in [0.15, 0.2) is 30.5 Å². The number of halogens is 1. The van der Waals surface area contributed by atoms with Gasteiger partial charge in [0.2, 0.25) is 0 Å². The van der Waals surface area contributed by atoms with Gasteiger partial charge in [-0.15, -0.1) is 11.3 Å². The Bertz CT molecular complexity index is 719. The van der Waals surface area contributed by atoms with Gasteiger partial charge < -0.3 is 4.74 Å². The molecule has 1 aliphatic heterocycles. The van der Waals surface area contributed by atoms with E-state index in [1.165, 1.54) is 29.6 Å². The van der Waals surface area contributed by atoms with Gasteiger partial charge in [-0.3, -0.25) is 14.6 Å². The Labute approximate surface area is 157 Å². The number of hydrogen-bond acceptors (Lipinski definition) is 6. The van der Waals surface area contributed by atoms with Crippen LogP contribution in [0.5, 0.6) is 0 Å². The van der Waals surface area contributed by atoms with Crippen LogP contribution in [-0.2, 0) is 22.6 Å². The van der Waals surface area contributed by atoms with Crippen molar-refractivity contribution in [1.82, 2.24) is 14.8 Å². The lowest BCUT2D eigenvalue weighted by Crippen LogP contribution is -2.55. The summed E-state index contributed by atoms with van der Waals surface area (Å²) in [6, 6.07) is 8.26. The quantitative estimate of drug-likeness (QED) is 0.747. The Morgan fingerprint density at radius 1 is 1.32 bits per heavy atom. The fourth-order valence-corrected chi connectivity index (χ4v) is 4.08. The Morgan fingerprint density at radius 2 is 2.08 bits per heavy atom. The summed E-state index contributed by atoms with van der Waals surface area (Å²) >= 11 is 7.37. The molecular weight excluding hydrogens is 358 g/mol. The standard InChI is InChI=1S/C18H22ClN3O2S/c1-13-3-5-14(6-4-13)10-21-7-8-22(16(12-21)17(23)24-2)11-15-9-20-18(19)25-15/h3-6,9,16H,7-8,10-12H2,1-2H3. The number of aromatic nitrogens is 1. The minimum atomic E-state index is -0.273. The van der Waals surface area contributed by atoms with Gasteiger partial charge in [-0.2, -0.15) is 0 Å². The Kier molecular flexibility index (Phi) is 6.06. The van der Waals surface area contributed by atoms with Crippen molar-refractivity contribution in [2.24, 2.45) is 0 Å². The maximum atomic E-state index is 12.3. The number of aryl methyl sites for hydroxylation is 1. The minimum Gasteiger partial charge on any atom is -0.468 e. The SMILES string of the molecule is COC(=O)C1CN(Cc2ccc(C)cc2)CCN1Cc1cnc(Cl)s1. The number of thiazole rings is 1. The van der Waals surface area contributed by atoms with Crippen LogP contribution >= 0.6 is 22.9 Å². The molecule has 1 aromatic carbocycles. The van der Waals surface area contributed by atoms with E-state index >= 15 is 0 Å². The third-order valence-corrected chi connectivity index (χ3v) is 5.56. The van der Waals surface area contributed by atoms with Crippen molar-refractivity contribution >= 4 is 28.9 Å². The summed E-state index contributed by atoms with van der Waals surface area (Å²) < 4.78 is 5.56. The average molecular weight is 380 g/mol. The van der Waals surface area contributed by atoms with Crippen molar-refractivity contribution in [3.63, 3.8) is 0 Å². The fraction of sp³-hybridized carbons (Fsp3) is 0.444. The summed E-state index contributed by atoms with van der Waals surface area (Å²) in [5.41, 5.74) is 2.51. The fourth-order valence-electron chi connectivity index (χ4n) is 3.08. The number of carbonyl (C=O) groups excluding carboxylic acids is 1. The molecule has 7 heteroatoms. The zero-order chi connectivity index (χ0) is 17.8. The number of nitrogens with zero attached hydrogens (tertiary/aromatic N) is 3. The average Bonchev–Trinajstić information content (AvgIpc) is 3.02. The van der Waals surface area contributed by atoms with Crippen LogP contribution < -0.4 is 0 Å². The molecule has 1 unspecified atom stereocenters.